The number of nitrogens with one attached hydrogen (secondary N) is 3. The molecular formula is C13H19ClF3IN4O2S. The number of sulfonamides is 1. The van der Waals surface area contributed by atoms with E-state index < -0.39 is 22.6 Å². The van der Waals surface area contributed by atoms with Crippen molar-refractivity contribution in [3.8, 4) is 0 Å². The zero-order valence-electron chi connectivity index (χ0n) is 13.2. The minimum absolute atomic E-state index is 0. The summed E-state index contributed by atoms with van der Waals surface area (Å²) in [5.41, 5.74) is 0. The van der Waals surface area contributed by atoms with Gasteiger partial charge in [0.2, 0.25) is 10.0 Å². The van der Waals surface area contributed by atoms with Gasteiger partial charge in [0, 0.05) is 31.7 Å². The Morgan fingerprint density at radius 1 is 1.20 bits per heavy atom. The zero-order chi connectivity index (χ0) is 18.2. The highest BCUT2D eigenvalue weighted by Gasteiger charge is 2.26. The van der Waals surface area contributed by atoms with Crippen molar-refractivity contribution in [2.75, 3.05) is 26.7 Å². The molecule has 0 aromatic heterocycles. The predicted molar refractivity (Wildman–Crippen MR) is 102 cm³/mol. The Hall–Kier alpha value is -0.790. The molecule has 0 aliphatic carbocycles. The third-order valence-corrected chi connectivity index (χ3v) is 4.43. The van der Waals surface area contributed by atoms with E-state index in [1.54, 1.807) is 6.07 Å². The first-order valence-corrected chi connectivity index (χ1v) is 8.77. The van der Waals surface area contributed by atoms with E-state index in [0.29, 0.717) is 5.02 Å². The van der Waals surface area contributed by atoms with Gasteiger partial charge in [-0.25, -0.2) is 13.1 Å². The van der Waals surface area contributed by atoms with Crippen molar-refractivity contribution in [2.24, 2.45) is 4.99 Å². The number of hydrogen-bond donors (Lipinski definition) is 3. The van der Waals surface area contributed by atoms with Gasteiger partial charge in [0.25, 0.3) is 0 Å². The molecule has 0 bridgehead atoms. The standard InChI is InChI=1S/C13H18ClF3N4O2S.HI/c1-18-12(19-6-5-13(15,16)17)20-7-8-21-24(22,23)11-4-2-3-10(14)9-11;/h2-4,9,21H,5-8H2,1H3,(H2,18,19,20);1H. The molecule has 0 unspecified atom stereocenters. The van der Waals surface area contributed by atoms with Gasteiger partial charge in [0.15, 0.2) is 5.96 Å². The van der Waals surface area contributed by atoms with Crippen LogP contribution in [-0.4, -0.2) is 47.2 Å². The van der Waals surface area contributed by atoms with Crippen molar-refractivity contribution in [2.45, 2.75) is 17.5 Å². The van der Waals surface area contributed by atoms with E-state index >= 15 is 0 Å². The summed E-state index contributed by atoms with van der Waals surface area (Å²) in [5.74, 6) is 0.154. The van der Waals surface area contributed by atoms with Gasteiger partial charge < -0.3 is 10.6 Å². The molecule has 25 heavy (non-hydrogen) atoms. The van der Waals surface area contributed by atoms with Crippen LogP contribution < -0.4 is 15.4 Å². The van der Waals surface area contributed by atoms with Gasteiger partial charge in [-0.15, -0.1) is 24.0 Å². The first-order valence-electron chi connectivity index (χ1n) is 6.90. The number of guanidine groups is 1. The molecule has 0 aliphatic rings. The van der Waals surface area contributed by atoms with Gasteiger partial charge in [0.05, 0.1) is 11.3 Å². The van der Waals surface area contributed by atoms with Gasteiger partial charge >= 0.3 is 6.18 Å². The van der Waals surface area contributed by atoms with Crippen LogP contribution in [0.1, 0.15) is 6.42 Å². The van der Waals surface area contributed by atoms with Crippen LogP contribution in [0.15, 0.2) is 34.2 Å². The third kappa shape index (κ3) is 10.1. The quantitative estimate of drug-likeness (QED) is 0.226. The Bertz CT molecular complexity index is 671. The Labute approximate surface area is 166 Å². The monoisotopic (exact) mass is 514 g/mol. The molecule has 0 atom stereocenters. The molecule has 6 nitrogen and oxygen atoms in total. The average Bonchev–Trinajstić information content (AvgIpc) is 2.48. The molecule has 144 valence electrons. The fourth-order valence-electron chi connectivity index (χ4n) is 1.63. The number of alkyl halides is 3. The topological polar surface area (TPSA) is 82.6 Å². The second-order valence-corrected chi connectivity index (χ2v) is 6.85. The van der Waals surface area contributed by atoms with E-state index in [4.69, 9.17) is 11.6 Å². The predicted octanol–water partition coefficient (Wildman–Crippen LogP) is 2.35. The van der Waals surface area contributed by atoms with Crippen LogP contribution in [-0.2, 0) is 10.0 Å². The van der Waals surface area contributed by atoms with Crippen LogP contribution in [0.2, 0.25) is 5.02 Å². The molecular weight excluding hydrogens is 496 g/mol. The highest BCUT2D eigenvalue weighted by molar-refractivity contribution is 14.0. The third-order valence-electron chi connectivity index (χ3n) is 2.74. The highest BCUT2D eigenvalue weighted by Crippen LogP contribution is 2.18. The summed E-state index contributed by atoms with van der Waals surface area (Å²) in [6.45, 7) is -0.155. The van der Waals surface area contributed by atoms with Gasteiger partial charge in [-0.2, -0.15) is 13.2 Å². The molecule has 0 aliphatic heterocycles. The molecule has 0 radical (unpaired) electrons. The maximum Gasteiger partial charge on any atom is 0.390 e. The minimum Gasteiger partial charge on any atom is -0.356 e. The zero-order valence-corrected chi connectivity index (χ0v) is 17.1. The summed E-state index contributed by atoms with van der Waals surface area (Å²) >= 11 is 5.74. The van der Waals surface area contributed by atoms with Crippen LogP contribution in [0.4, 0.5) is 13.2 Å². The average molecular weight is 515 g/mol. The SMILES string of the molecule is CN=C(NCCNS(=O)(=O)c1cccc(Cl)c1)NCCC(F)(F)F.I. The molecule has 1 aromatic rings. The van der Waals surface area contributed by atoms with Crippen molar-refractivity contribution in [1.29, 1.82) is 0 Å². The Balaban J connectivity index is 0.00000576. The van der Waals surface area contributed by atoms with E-state index in [1.165, 1.54) is 25.2 Å². The lowest BCUT2D eigenvalue weighted by molar-refractivity contribution is -0.132. The van der Waals surface area contributed by atoms with E-state index in [0.717, 1.165) is 0 Å². The normalized spacial score (nSPS) is 12.4. The van der Waals surface area contributed by atoms with Crippen molar-refractivity contribution in [3.05, 3.63) is 29.3 Å². The molecule has 0 fully saturated rings. The fourth-order valence-corrected chi connectivity index (χ4v) is 2.96. The summed E-state index contributed by atoms with van der Waals surface area (Å²) in [6.07, 6.45) is -5.24. The molecule has 0 saturated heterocycles. The molecule has 1 aromatic carbocycles. The first-order chi connectivity index (χ1) is 11.1. The van der Waals surface area contributed by atoms with E-state index in [1.807, 2.05) is 0 Å². The van der Waals surface area contributed by atoms with Crippen LogP contribution in [0.5, 0.6) is 0 Å². The Morgan fingerprint density at radius 2 is 1.84 bits per heavy atom. The van der Waals surface area contributed by atoms with Crippen molar-refractivity contribution < 1.29 is 21.6 Å². The lowest BCUT2D eigenvalue weighted by Gasteiger charge is -2.13. The van der Waals surface area contributed by atoms with Crippen molar-refractivity contribution in [1.82, 2.24) is 15.4 Å². The summed E-state index contributed by atoms with van der Waals surface area (Å²) in [4.78, 5) is 3.77. The fraction of sp³-hybridized carbons (Fsp3) is 0.462. The molecule has 12 heteroatoms. The number of nitrogens with zero attached hydrogens (tertiary/aromatic N) is 1. The van der Waals surface area contributed by atoms with Crippen LogP contribution in [0.25, 0.3) is 0 Å². The van der Waals surface area contributed by atoms with Crippen LogP contribution in [0.3, 0.4) is 0 Å². The van der Waals surface area contributed by atoms with Crippen LogP contribution >= 0.6 is 35.6 Å². The van der Waals surface area contributed by atoms with E-state index in [2.05, 4.69) is 20.3 Å². The van der Waals surface area contributed by atoms with Crippen molar-refractivity contribution in [3.63, 3.8) is 0 Å². The number of halogens is 5. The minimum atomic E-state index is -4.25. The van der Waals surface area contributed by atoms with Crippen LogP contribution in [0, 0.1) is 0 Å². The lowest BCUT2D eigenvalue weighted by atomic mass is 10.4. The maximum atomic E-state index is 12.1. The van der Waals surface area contributed by atoms with Gasteiger partial charge in [-0.3, -0.25) is 4.99 Å². The Kier molecular flexibility index (Phi) is 10.7. The summed E-state index contributed by atoms with van der Waals surface area (Å²) in [6, 6.07) is 5.79. The largest absolute Gasteiger partial charge is 0.390 e. The highest BCUT2D eigenvalue weighted by atomic mass is 127. The maximum absolute atomic E-state index is 12.1. The van der Waals surface area contributed by atoms with Gasteiger partial charge in [0.1, 0.15) is 0 Å². The first kappa shape index (κ1) is 24.2. The molecule has 0 heterocycles. The summed E-state index contributed by atoms with van der Waals surface area (Å²) in [5, 5.41) is 5.49. The molecule has 1 rings (SSSR count). The molecule has 3 N–H and O–H groups in total. The number of hydrogen-bond acceptors (Lipinski definition) is 3. The molecule has 0 saturated carbocycles. The van der Waals surface area contributed by atoms with Crippen molar-refractivity contribution >= 4 is 51.6 Å². The lowest BCUT2D eigenvalue weighted by Crippen LogP contribution is -2.42. The smallest absolute Gasteiger partial charge is 0.356 e. The van der Waals surface area contributed by atoms with Gasteiger partial charge in [-0.1, -0.05) is 17.7 Å². The number of rotatable bonds is 7. The molecule has 0 spiro atoms. The Morgan fingerprint density at radius 3 is 2.40 bits per heavy atom. The second kappa shape index (κ2) is 11.0. The van der Waals surface area contributed by atoms with E-state index in [9.17, 15) is 21.6 Å². The number of benzene rings is 1. The second-order valence-electron chi connectivity index (χ2n) is 4.65. The summed E-state index contributed by atoms with van der Waals surface area (Å²) in [7, 11) is -2.31. The van der Waals surface area contributed by atoms with E-state index in [-0.39, 0.29) is 54.5 Å². The van der Waals surface area contributed by atoms with Gasteiger partial charge in [-0.05, 0) is 18.2 Å². The molecule has 0 amide bonds. The number of aliphatic imine (C=N–C) groups is 1. The summed E-state index contributed by atoms with van der Waals surface area (Å²) < 4.78 is 62.5.